The molecule has 1 amide bonds. The van der Waals surface area contributed by atoms with E-state index in [4.69, 9.17) is 9.26 Å². The number of hydrogen-bond donors (Lipinski definition) is 1. The number of ether oxygens (including phenoxy) is 1. The molecule has 0 radical (unpaired) electrons. The molecule has 1 aliphatic rings. The fourth-order valence-electron chi connectivity index (χ4n) is 3.98. The standard InChI is InChI=1S/C26H26N2O5/c1-15-14-20(33-27-15)16-10-12-17(13-11-16)28-22(18-8-6-7-9-19(18)32-5)21(23(29)25(28)31)24(30)26(2,3)4/h6-14,22,29H,1-5H3. The van der Waals surface area contributed by atoms with Crippen molar-refractivity contribution in [1.82, 2.24) is 5.16 Å². The quantitative estimate of drug-likeness (QED) is 0.581. The minimum Gasteiger partial charge on any atom is -0.503 e. The van der Waals surface area contributed by atoms with Gasteiger partial charge in [0.25, 0.3) is 5.91 Å². The van der Waals surface area contributed by atoms with Crippen LogP contribution in [-0.2, 0) is 9.59 Å². The minimum absolute atomic E-state index is 0.0620. The molecule has 1 aliphatic heterocycles. The smallest absolute Gasteiger partial charge is 0.294 e. The van der Waals surface area contributed by atoms with Gasteiger partial charge in [-0.15, -0.1) is 0 Å². The molecule has 0 spiro atoms. The molecule has 7 nitrogen and oxygen atoms in total. The molecular formula is C26H26N2O5. The molecule has 0 bridgehead atoms. The molecule has 4 rings (SSSR count). The van der Waals surface area contributed by atoms with E-state index in [1.807, 2.05) is 37.3 Å². The van der Waals surface area contributed by atoms with Crippen LogP contribution in [0.4, 0.5) is 5.69 Å². The van der Waals surface area contributed by atoms with E-state index in [9.17, 15) is 14.7 Å². The Morgan fingerprint density at radius 1 is 1.12 bits per heavy atom. The SMILES string of the molecule is COc1ccccc1C1C(C(=O)C(C)(C)C)=C(O)C(=O)N1c1ccc(-c2cc(C)no2)cc1. The van der Waals surface area contributed by atoms with Crippen LogP contribution >= 0.6 is 0 Å². The van der Waals surface area contributed by atoms with Crippen molar-refractivity contribution in [2.24, 2.45) is 5.41 Å². The Morgan fingerprint density at radius 3 is 2.36 bits per heavy atom. The van der Waals surface area contributed by atoms with Gasteiger partial charge in [0, 0.05) is 28.3 Å². The Kier molecular flexibility index (Phi) is 5.57. The fraction of sp³-hybridized carbons (Fsp3) is 0.269. The van der Waals surface area contributed by atoms with E-state index in [0.29, 0.717) is 22.8 Å². The molecule has 1 unspecified atom stereocenters. The first kappa shape index (κ1) is 22.3. The van der Waals surface area contributed by atoms with Gasteiger partial charge in [-0.2, -0.15) is 0 Å². The number of carbonyl (C=O) groups excluding carboxylic acids is 2. The highest BCUT2D eigenvalue weighted by atomic mass is 16.5. The second-order valence-electron chi connectivity index (χ2n) is 9.04. The predicted molar refractivity (Wildman–Crippen MR) is 124 cm³/mol. The van der Waals surface area contributed by atoms with Crippen LogP contribution in [0.5, 0.6) is 5.75 Å². The van der Waals surface area contributed by atoms with Crippen LogP contribution in [0, 0.1) is 12.3 Å². The number of ketones is 1. The van der Waals surface area contributed by atoms with Gasteiger partial charge in [-0.05, 0) is 37.3 Å². The summed E-state index contributed by atoms with van der Waals surface area (Å²) < 4.78 is 10.9. The molecule has 33 heavy (non-hydrogen) atoms. The van der Waals surface area contributed by atoms with Crippen LogP contribution in [0.2, 0.25) is 0 Å². The van der Waals surface area contributed by atoms with E-state index in [0.717, 1.165) is 11.3 Å². The second kappa shape index (κ2) is 8.24. The van der Waals surface area contributed by atoms with Crippen LogP contribution in [0.15, 0.2) is 70.5 Å². The number of aryl methyl sites for hydroxylation is 1. The number of benzene rings is 2. The number of anilines is 1. The summed E-state index contributed by atoms with van der Waals surface area (Å²) in [5.41, 5.74) is 1.96. The highest BCUT2D eigenvalue weighted by Crippen LogP contribution is 2.46. The highest BCUT2D eigenvalue weighted by Gasteiger charge is 2.47. The lowest BCUT2D eigenvalue weighted by Gasteiger charge is -2.29. The summed E-state index contributed by atoms with van der Waals surface area (Å²) in [5, 5.41) is 14.8. The average molecular weight is 447 g/mol. The van der Waals surface area contributed by atoms with Gasteiger partial charge in [0.1, 0.15) is 5.75 Å². The summed E-state index contributed by atoms with van der Waals surface area (Å²) in [4.78, 5) is 28.1. The number of aromatic nitrogens is 1. The van der Waals surface area contributed by atoms with Gasteiger partial charge in [0.15, 0.2) is 17.3 Å². The number of amides is 1. The zero-order valence-electron chi connectivity index (χ0n) is 19.2. The lowest BCUT2D eigenvalue weighted by Crippen LogP contribution is -2.33. The highest BCUT2D eigenvalue weighted by molar-refractivity contribution is 6.17. The predicted octanol–water partition coefficient (Wildman–Crippen LogP) is 5.17. The molecule has 0 saturated heterocycles. The Morgan fingerprint density at radius 2 is 1.79 bits per heavy atom. The number of para-hydroxylation sites is 1. The first-order valence-corrected chi connectivity index (χ1v) is 10.6. The molecule has 2 heterocycles. The monoisotopic (exact) mass is 446 g/mol. The van der Waals surface area contributed by atoms with Crippen LogP contribution in [0.1, 0.15) is 38.1 Å². The number of nitrogens with zero attached hydrogens (tertiary/aromatic N) is 2. The summed E-state index contributed by atoms with van der Waals surface area (Å²) in [6.45, 7) is 7.12. The van der Waals surface area contributed by atoms with Crippen LogP contribution in [0.3, 0.4) is 0 Å². The third-order valence-corrected chi connectivity index (χ3v) is 5.63. The lowest BCUT2D eigenvalue weighted by atomic mass is 9.82. The van der Waals surface area contributed by atoms with Gasteiger partial charge in [0.2, 0.25) is 0 Å². The van der Waals surface area contributed by atoms with Crippen molar-refractivity contribution < 1.29 is 24.0 Å². The topological polar surface area (TPSA) is 92.9 Å². The molecule has 2 aromatic carbocycles. The van der Waals surface area contributed by atoms with Gasteiger partial charge in [-0.25, -0.2) is 0 Å². The molecule has 3 aromatic rings. The van der Waals surface area contributed by atoms with E-state index in [-0.39, 0.29) is 11.4 Å². The molecule has 1 N–H and O–H groups in total. The number of rotatable bonds is 5. The molecule has 1 atom stereocenters. The summed E-state index contributed by atoms with van der Waals surface area (Å²) in [7, 11) is 1.53. The van der Waals surface area contributed by atoms with E-state index < -0.39 is 23.1 Å². The summed E-state index contributed by atoms with van der Waals surface area (Å²) in [5.74, 6) is -0.358. The van der Waals surface area contributed by atoms with Crippen molar-refractivity contribution in [2.75, 3.05) is 12.0 Å². The average Bonchev–Trinajstić information content (AvgIpc) is 3.34. The van der Waals surface area contributed by atoms with Crippen molar-refractivity contribution in [3.05, 3.63) is 77.2 Å². The number of methoxy groups -OCH3 is 1. The molecule has 0 saturated carbocycles. The summed E-state index contributed by atoms with van der Waals surface area (Å²) in [6, 6.07) is 15.3. The van der Waals surface area contributed by atoms with Crippen LogP contribution < -0.4 is 9.64 Å². The maximum Gasteiger partial charge on any atom is 0.294 e. The Bertz CT molecular complexity index is 1250. The Balaban J connectivity index is 1.84. The summed E-state index contributed by atoms with van der Waals surface area (Å²) >= 11 is 0. The van der Waals surface area contributed by atoms with Crippen molar-refractivity contribution in [3.8, 4) is 17.1 Å². The van der Waals surface area contributed by atoms with Gasteiger partial charge >= 0.3 is 0 Å². The molecule has 0 fully saturated rings. The van der Waals surface area contributed by atoms with Gasteiger partial charge in [-0.3, -0.25) is 14.5 Å². The molecule has 7 heteroatoms. The van der Waals surface area contributed by atoms with E-state index in [2.05, 4.69) is 5.16 Å². The maximum atomic E-state index is 13.4. The number of aliphatic hydroxyl groups is 1. The molecule has 0 aliphatic carbocycles. The third-order valence-electron chi connectivity index (χ3n) is 5.63. The first-order valence-electron chi connectivity index (χ1n) is 10.6. The minimum atomic E-state index is -0.834. The number of carbonyl (C=O) groups is 2. The zero-order chi connectivity index (χ0) is 23.9. The fourth-order valence-corrected chi connectivity index (χ4v) is 3.98. The Labute approximate surface area is 192 Å². The largest absolute Gasteiger partial charge is 0.503 e. The summed E-state index contributed by atoms with van der Waals surface area (Å²) in [6.07, 6.45) is 0. The third kappa shape index (κ3) is 3.91. The van der Waals surface area contributed by atoms with Crippen molar-refractivity contribution in [1.29, 1.82) is 0 Å². The molecular weight excluding hydrogens is 420 g/mol. The zero-order valence-corrected chi connectivity index (χ0v) is 19.2. The van der Waals surface area contributed by atoms with Gasteiger partial charge < -0.3 is 14.4 Å². The van der Waals surface area contributed by atoms with Crippen molar-refractivity contribution in [3.63, 3.8) is 0 Å². The maximum absolute atomic E-state index is 13.4. The molecule has 170 valence electrons. The van der Waals surface area contributed by atoms with E-state index in [1.54, 1.807) is 45.0 Å². The van der Waals surface area contributed by atoms with Gasteiger partial charge in [-0.1, -0.05) is 44.1 Å². The number of hydrogen-bond acceptors (Lipinski definition) is 6. The van der Waals surface area contributed by atoms with Crippen LogP contribution in [-0.4, -0.2) is 29.1 Å². The number of aliphatic hydroxyl groups excluding tert-OH is 1. The number of Topliss-reactive ketones (excluding diaryl/α,β-unsaturated/α-hetero) is 1. The van der Waals surface area contributed by atoms with Crippen molar-refractivity contribution >= 4 is 17.4 Å². The normalized spacial score (nSPS) is 16.5. The lowest BCUT2D eigenvalue weighted by molar-refractivity contribution is -0.123. The van der Waals surface area contributed by atoms with Gasteiger partial charge in [0.05, 0.1) is 24.4 Å². The Hall–Kier alpha value is -3.87. The van der Waals surface area contributed by atoms with Crippen LogP contribution in [0.25, 0.3) is 11.3 Å². The van der Waals surface area contributed by atoms with Crippen molar-refractivity contribution in [2.45, 2.75) is 33.7 Å². The van der Waals surface area contributed by atoms with E-state index in [1.165, 1.54) is 12.0 Å². The van der Waals surface area contributed by atoms with E-state index >= 15 is 0 Å². The second-order valence-corrected chi connectivity index (χ2v) is 9.04. The first-order chi connectivity index (χ1) is 15.6. The molecule has 1 aromatic heterocycles.